The number of nitriles is 1. The van der Waals surface area contributed by atoms with Crippen molar-refractivity contribution < 1.29 is 19.1 Å². The van der Waals surface area contributed by atoms with Gasteiger partial charge in [0.2, 0.25) is 5.91 Å². The Labute approximate surface area is 223 Å². The molecule has 200 valence electrons. The van der Waals surface area contributed by atoms with E-state index in [1.807, 2.05) is 70.3 Å². The number of likely N-dealkylation sites (tertiary alicyclic amines) is 1. The molecule has 3 N–H and O–H groups in total. The summed E-state index contributed by atoms with van der Waals surface area (Å²) in [7, 11) is 1.89. The highest BCUT2D eigenvalue weighted by atomic mass is 32.2. The van der Waals surface area contributed by atoms with Crippen molar-refractivity contribution in [3.63, 3.8) is 0 Å². The number of nitrogens with one attached hydrogen (secondary N) is 2. The number of carbonyl (C=O) groups is 2. The van der Waals surface area contributed by atoms with Gasteiger partial charge in [-0.1, -0.05) is 52.0 Å². The fraction of sp³-hybridized carbons (Fsp3) is 0.464. The minimum absolute atomic E-state index is 0.0367. The van der Waals surface area contributed by atoms with E-state index in [1.165, 1.54) is 4.90 Å². The van der Waals surface area contributed by atoms with Crippen LogP contribution < -0.4 is 10.0 Å². The number of nitrogens with zero attached hydrogens (tertiary/aromatic N) is 2. The van der Waals surface area contributed by atoms with E-state index in [4.69, 9.17) is 10.4 Å². The van der Waals surface area contributed by atoms with Gasteiger partial charge >= 0.3 is 6.09 Å². The zero-order chi connectivity index (χ0) is 27.5. The molecule has 9 heteroatoms. The summed E-state index contributed by atoms with van der Waals surface area (Å²) in [6, 6.07) is 14.7. The van der Waals surface area contributed by atoms with Gasteiger partial charge in [0.25, 0.3) is 0 Å². The van der Waals surface area contributed by atoms with Crippen LogP contribution >= 0.6 is 11.9 Å². The van der Waals surface area contributed by atoms with Crippen LogP contribution in [0, 0.1) is 29.0 Å². The van der Waals surface area contributed by atoms with E-state index in [1.54, 1.807) is 18.0 Å². The number of rotatable bonds is 6. The van der Waals surface area contributed by atoms with Crippen LogP contribution in [0.15, 0.2) is 47.4 Å². The van der Waals surface area contributed by atoms with Crippen molar-refractivity contribution in [1.29, 1.82) is 5.26 Å². The molecule has 2 fully saturated rings. The third kappa shape index (κ3) is 7.46. The molecule has 1 saturated carbocycles. The maximum atomic E-state index is 13.7. The quantitative estimate of drug-likeness (QED) is 0.328. The number of carbonyl (C=O) groups excluding carboxylic acids is 1. The number of halogens is 1. The Morgan fingerprint density at radius 1 is 1.16 bits per heavy atom. The molecule has 0 spiro atoms. The van der Waals surface area contributed by atoms with Gasteiger partial charge in [0.05, 0.1) is 6.07 Å². The van der Waals surface area contributed by atoms with Crippen molar-refractivity contribution in [2.75, 3.05) is 13.6 Å². The average Bonchev–Trinajstić information content (AvgIpc) is 3.47. The normalized spacial score (nSPS) is 21.2. The van der Waals surface area contributed by atoms with Gasteiger partial charge in [-0.3, -0.25) is 14.4 Å². The van der Waals surface area contributed by atoms with Crippen molar-refractivity contribution in [3.8, 4) is 17.2 Å². The molecule has 2 amide bonds. The molecule has 4 rings (SSSR count). The Morgan fingerprint density at radius 3 is 2.35 bits per heavy atom. The van der Waals surface area contributed by atoms with E-state index in [0.717, 1.165) is 40.8 Å². The number of fused-ring (bicyclic) bond motifs is 2. The molecule has 0 radical (unpaired) electrons. The van der Waals surface area contributed by atoms with Crippen LogP contribution in [0.2, 0.25) is 0 Å². The van der Waals surface area contributed by atoms with E-state index in [0.29, 0.717) is 5.92 Å². The Hall–Kier alpha value is -3.09. The topological polar surface area (TPSA) is 105 Å². The number of carboxylic acid groups (broad SMARTS) is 1. The summed E-state index contributed by atoms with van der Waals surface area (Å²) in [5, 5.41) is 20.0. The zero-order valence-corrected chi connectivity index (χ0v) is 22.9. The third-order valence-corrected chi connectivity index (χ3v) is 7.40. The highest BCUT2D eigenvalue weighted by Gasteiger charge is 2.54. The predicted octanol–water partition coefficient (Wildman–Crippen LogP) is 5.71. The lowest BCUT2D eigenvalue weighted by Gasteiger charge is -2.34. The minimum Gasteiger partial charge on any atom is -0.465 e. The second-order valence-corrected chi connectivity index (χ2v) is 9.85. The molecule has 1 aliphatic carbocycles. The monoisotopic (exact) mass is 528 g/mol. The fourth-order valence-corrected chi connectivity index (χ4v) is 5.53. The molecular formula is C28H37FN4O3S. The lowest BCUT2D eigenvalue weighted by atomic mass is 9.89. The first kappa shape index (κ1) is 30.1. The Balaban J connectivity index is 0.000000244. The van der Waals surface area contributed by atoms with Gasteiger partial charge in [0.1, 0.15) is 18.4 Å². The van der Waals surface area contributed by atoms with E-state index in [9.17, 15) is 14.0 Å². The van der Waals surface area contributed by atoms with Gasteiger partial charge in [-0.05, 0) is 85.0 Å². The fourth-order valence-electron chi connectivity index (χ4n) is 5.02. The summed E-state index contributed by atoms with van der Waals surface area (Å²) >= 11 is 1.56. The SMILES string of the molecule is CC.CC1CC2CC1C(C(=O)NCC#N)N2C(=O)O.CCc1ccc(-c2ccc(SNC)cc2)cc1F. The summed E-state index contributed by atoms with van der Waals surface area (Å²) in [5.74, 6) is -0.0000880. The largest absolute Gasteiger partial charge is 0.465 e. The Morgan fingerprint density at radius 2 is 1.81 bits per heavy atom. The number of aryl methyl sites for hydroxylation is 1. The summed E-state index contributed by atoms with van der Waals surface area (Å²) < 4.78 is 16.7. The summed E-state index contributed by atoms with van der Waals surface area (Å²) in [6.07, 6.45) is 1.28. The molecule has 1 aliphatic heterocycles. The van der Waals surface area contributed by atoms with Crippen LogP contribution in [0.5, 0.6) is 0 Å². The third-order valence-electron chi connectivity index (χ3n) is 6.69. The number of hydrogen-bond donors (Lipinski definition) is 3. The van der Waals surface area contributed by atoms with Crippen molar-refractivity contribution in [1.82, 2.24) is 14.9 Å². The number of hydrogen-bond acceptors (Lipinski definition) is 5. The van der Waals surface area contributed by atoms with Crippen molar-refractivity contribution in [2.24, 2.45) is 11.8 Å². The molecule has 4 atom stereocenters. The lowest BCUT2D eigenvalue weighted by molar-refractivity contribution is -0.127. The van der Waals surface area contributed by atoms with E-state index >= 15 is 0 Å². The second-order valence-electron chi connectivity index (χ2n) is 8.77. The molecule has 0 aromatic heterocycles. The van der Waals surface area contributed by atoms with Gasteiger partial charge < -0.3 is 10.4 Å². The molecule has 2 aromatic carbocycles. The summed E-state index contributed by atoms with van der Waals surface area (Å²) in [4.78, 5) is 25.5. The van der Waals surface area contributed by atoms with Gasteiger partial charge in [-0.25, -0.2) is 9.18 Å². The first-order valence-electron chi connectivity index (χ1n) is 12.7. The van der Waals surface area contributed by atoms with Crippen LogP contribution in [0.4, 0.5) is 9.18 Å². The second kappa shape index (κ2) is 14.6. The van der Waals surface area contributed by atoms with Crippen LogP contribution in [-0.2, 0) is 11.2 Å². The zero-order valence-electron chi connectivity index (χ0n) is 22.1. The molecule has 1 saturated heterocycles. The van der Waals surface area contributed by atoms with Gasteiger partial charge in [-0.2, -0.15) is 5.26 Å². The Kier molecular flexibility index (Phi) is 11.9. The molecule has 1 heterocycles. The first-order chi connectivity index (χ1) is 17.8. The number of benzene rings is 2. The number of piperidine rings is 1. The van der Waals surface area contributed by atoms with Crippen molar-refractivity contribution in [3.05, 3.63) is 53.8 Å². The molecule has 2 aromatic rings. The molecule has 7 nitrogen and oxygen atoms in total. The van der Waals surface area contributed by atoms with Gasteiger partial charge in [0, 0.05) is 10.9 Å². The predicted molar refractivity (Wildman–Crippen MR) is 145 cm³/mol. The van der Waals surface area contributed by atoms with Gasteiger partial charge in [0.15, 0.2) is 0 Å². The first-order valence-corrected chi connectivity index (χ1v) is 13.5. The highest BCUT2D eigenvalue weighted by molar-refractivity contribution is 7.97. The van der Waals surface area contributed by atoms with E-state index in [-0.39, 0.29) is 30.2 Å². The molecule has 2 bridgehead atoms. The van der Waals surface area contributed by atoms with Crippen molar-refractivity contribution in [2.45, 2.75) is 63.9 Å². The van der Waals surface area contributed by atoms with Crippen LogP contribution in [0.3, 0.4) is 0 Å². The standard InChI is InChI=1S/C15H16FNS.C11H15N3O3.C2H6/c1-3-11-4-5-13(10-15(11)16)12-6-8-14(9-7-12)18-17-2;1-6-4-7-5-8(6)9(14(7)11(16)17)10(15)13-3-2-12;1-2/h4-10,17H,3H2,1-2H3;6-9H,3-5H2,1H3,(H,13,15)(H,16,17);1-2H3. The number of amides is 2. The van der Waals surface area contributed by atoms with Crippen LogP contribution in [0.25, 0.3) is 11.1 Å². The molecule has 2 aliphatic rings. The Bertz CT molecular complexity index is 1090. The maximum Gasteiger partial charge on any atom is 0.408 e. The van der Waals surface area contributed by atoms with Gasteiger partial charge in [-0.15, -0.1) is 0 Å². The maximum absolute atomic E-state index is 13.7. The molecular weight excluding hydrogens is 491 g/mol. The lowest BCUT2D eigenvalue weighted by Crippen LogP contribution is -2.54. The van der Waals surface area contributed by atoms with E-state index < -0.39 is 12.1 Å². The average molecular weight is 529 g/mol. The van der Waals surface area contributed by atoms with Crippen LogP contribution in [0.1, 0.15) is 46.1 Å². The van der Waals surface area contributed by atoms with E-state index in [2.05, 4.69) is 17.0 Å². The molecule has 4 unspecified atom stereocenters. The highest BCUT2D eigenvalue weighted by Crippen LogP contribution is 2.46. The smallest absolute Gasteiger partial charge is 0.408 e. The van der Waals surface area contributed by atoms with Crippen LogP contribution in [-0.4, -0.2) is 47.7 Å². The van der Waals surface area contributed by atoms with Crippen molar-refractivity contribution >= 4 is 23.9 Å². The molecule has 37 heavy (non-hydrogen) atoms. The summed E-state index contributed by atoms with van der Waals surface area (Å²) in [5.41, 5.74) is 2.73. The minimum atomic E-state index is -1.04. The summed E-state index contributed by atoms with van der Waals surface area (Å²) in [6.45, 7) is 7.94.